The van der Waals surface area contributed by atoms with Crippen LogP contribution in [0.2, 0.25) is 0 Å². The monoisotopic (exact) mass is 255 g/mol. The average molecular weight is 255 g/mol. The number of hydrogen-bond donors (Lipinski definition) is 2. The fourth-order valence-corrected chi connectivity index (χ4v) is 1.39. The first-order valence-electron chi connectivity index (χ1n) is 6.11. The number of ether oxygens (including phenoxy) is 1. The van der Waals surface area contributed by atoms with Crippen LogP contribution < -0.4 is 10.1 Å². The molecule has 0 aliphatic heterocycles. The molecule has 18 heavy (non-hydrogen) atoms. The minimum atomic E-state index is -0.565. The molecule has 1 unspecified atom stereocenters. The third-order valence-corrected chi connectivity index (χ3v) is 2.25. The molecule has 0 aliphatic rings. The van der Waals surface area contributed by atoms with Crippen LogP contribution in [-0.4, -0.2) is 23.4 Å². The lowest BCUT2D eigenvalue weighted by Crippen LogP contribution is -2.35. The van der Waals surface area contributed by atoms with Crippen molar-refractivity contribution in [1.29, 1.82) is 0 Å². The van der Waals surface area contributed by atoms with Gasteiger partial charge in [-0.25, -0.2) is 4.39 Å². The normalized spacial score (nSPS) is 13.4. The Morgan fingerprint density at radius 1 is 1.33 bits per heavy atom. The van der Waals surface area contributed by atoms with Gasteiger partial charge in [-0.2, -0.15) is 0 Å². The van der Waals surface area contributed by atoms with Crippen molar-refractivity contribution in [2.75, 3.05) is 6.61 Å². The highest BCUT2D eigenvalue weighted by Gasteiger charge is 2.10. The Labute approximate surface area is 108 Å². The van der Waals surface area contributed by atoms with E-state index in [-0.39, 0.29) is 18.0 Å². The van der Waals surface area contributed by atoms with Gasteiger partial charge in [0.1, 0.15) is 18.2 Å². The maximum absolute atomic E-state index is 13.4. The Hall–Kier alpha value is -1.13. The standard InChI is InChI=1S/C14H22FNO2/c1-10(17)9-18-13-6-11(5-12(15)7-13)8-16-14(2,3)4/h5-7,10,16-17H,8-9H2,1-4H3. The van der Waals surface area contributed by atoms with Gasteiger partial charge in [-0.3, -0.25) is 0 Å². The van der Waals surface area contributed by atoms with Crippen molar-refractivity contribution in [2.24, 2.45) is 0 Å². The molecule has 0 saturated carbocycles. The third-order valence-electron chi connectivity index (χ3n) is 2.25. The Morgan fingerprint density at radius 2 is 2.00 bits per heavy atom. The summed E-state index contributed by atoms with van der Waals surface area (Å²) < 4.78 is 18.7. The van der Waals surface area contributed by atoms with Crippen LogP contribution in [-0.2, 0) is 6.54 Å². The second-order valence-corrected chi connectivity index (χ2v) is 5.56. The topological polar surface area (TPSA) is 41.5 Å². The van der Waals surface area contributed by atoms with E-state index in [9.17, 15) is 4.39 Å². The maximum Gasteiger partial charge on any atom is 0.127 e. The van der Waals surface area contributed by atoms with Gasteiger partial charge in [0.25, 0.3) is 0 Å². The van der Waals surface area contributed by atoms with E-state index in [4.69, 9.17) is 9.84 Å². The van der Waals surface area contributed by atoms with E-state index < -0.39 is 6.10 Å². The fourth-order valence-electron chi connectivity index (χ4n) is 1.39. The van der Waals surface area contributed by atoms with Crippen LogP contribution in [0.1, 0.15) is 33.3 Å². The fraction of sp³-hybridized carbons (Fsp3) is 0.571. The zero-order chi connectivity index (χ0) is 13.8. The summed E-state index contributed by atoms with van der Waals surface area (Å²) in [6, 6.07) is 4.58. The van der Waals surface area contributed by atoms with E-state index in [0.717, 1.165) is 5.56 Å². The van der Waals surface area contributed by atoms with Gasteiger partial charge >= 0.3 is 0 Å². The second-order valence-electron chi connectivity index (χ2n) is 5.56. The minimum absolute atomic E-state index is 0.0209. The van der Waals surface area contributed by atoms with Crippen LogP contribution in [0.4, 0.5) is 4.39 Å². The summed E-state index contributed by atoms with van der Waals surface area (Å²) in [6.45, 7) is 8.52. The summed E-state index contributed by atoms with van der Waals surface area (Å²) in [7, 11) is 0. The quantitative estimate of drug-likeness (QED) is 0.849. The Kier molecular flexibility index (Phi) is 5.11. The SMILES string of the molecule is CC(O)COc1cc(F)cc(CNC(C)(C)C)c1. The molecule has 1 aromatic rings. The summed E-state index contributed by atoms with van der Waals surface area (Å²) in [6.07, 6.45) is -0.565. The lowest BCUT2D eigenvalue weighted by atomic mass is 10.1. The number of benzene rings is 1. The van der Waals surface area contributed by atoms with Crippen LogP contribution in [0.5, 0.6) is 5.75 Å². The molecule has 0 aliphatic carbocycles. The molecule has 3 nitrogen and oxygen atoms in total. The van der Waals surface area contributed by atoms with E-state index in [1.165, 1.54) is 12.1 Å². The zero-order valence-electron chi connectivity index (χ0n) is 11.5. The second kappa shape index (κ2) is 6.16. The van der Waals surface area contributed by atoms with E-state index in [1.54, 1.807) is 13.0 Å². The lowest BCUT2D eigenvalue weighted by molar-refractivity contribution is 0.122. The van der Waals surface area contributed by atoms with Gasteiger partial charge in [0, 0.05) is 18.2 Å². The minimum Gasteiger partial charge on any atom is -0.491 e. The molecule has 102 valence electrons. The van der Waals surface area contributed by atoms with E-state index in [1.807, 2.05) is 0 Å². The summed E-state index contributed by atoms with van der Waals surface area (Å²) in [5, 5.41) is 12.4. The highest BCUT2D eigenvalue weighted by Crippen LogP contribution is 2.17. The van der Waals surface area contributed by atoms with Crippen molar-refractivity contribution in [1.82, 2.24) is 5.32 Å². The zero-order valence-corrected chi connectivity index (χ0v) is 11.5. The molecular formula is C14H22FNO2. The van der Waals surface area contributed by atoms with Crippen molar-refractivity contribution < 1.29 is 14.2 Å². The predicted octanol–water partition coefficient (Wildman–Crippen LogP) is 2.47. The van der Waals surface area contributed by atoms with E-state index in [2.05, 4.69) is 26.1 Å². The molecule has 0 radical (unpaired) electrons. The van der Waals surface area contributed by atoms with E-state index in [0.29, 0.717) is 12.3 Å². The van der Waals surface area contributed by atoms with Crippen molar-refractivity contribution in [3.05, 3.63) is 29.6 Å². The average Bonchev–Trinajstić information content (AvgIpc) is 2.22. The van der Waals surface area contributed by atoms with Gasteiger partial charge in [0.05, 0.1) is 6.10 Å². The van der Waals surface area contributed by atoms with Gasteiger partial charge in [0.15, 0.2) is 0 Å². The molecule has 2 N–H and O–H groups in total. The Bertz CT molecular complexity index is 386. The molecular weight excluding hydrogens is 233 g/mol. The number of rotatable bonds is 5. The number of nitrogens with one attached hydrogen (secondary N) is 1. The summed E-state index contributed by atoms with van der Waals surface area (Å²) in [5.41, 5.74) is 0.804. The highest BCUT2D eigenvalue weighted by molar-refractivity contribution is 5.29. The number of hydrogen-bond acceptors (Lipinski definition) is 3. The van der Waals surface area contributed by atoms with Gasteiger partial charge in [-0.1, -0.05) is 0 Å². The molecule has 0 heterocycles. The predicted molar refractivity (Wildman–Crippen MR) is 70.2 cm³/mol. The molecule has 0 spiro atoms. The van der Waals surface area contributed by atoms with Crippen molar-refractivity contribution in [3.8, 4) is 5.75 Å². The third kappa shape index (κ3) is 5.98. The number of aliphatic hydroxyl groups is 1. The number of aliphatic hydroxyl groups excluding tert-OH is 1. The first kappa shape index (κ1) is 14.9. The molecule has 1 aromatic carbocycles. The molecule has 0 bridgehead atoms. The molecule has 4 heteroatoms. The van der Waals surface area contributed by atoms with Gasteiger partial charge in [0.2, 0.25) is 0 Å². The lowest BCUT2D eigenvalue weighted by Gasteiger charge is -2.20. The van der Waals surface area contributed by atoms with Crippen LogP contribution in [0.3, 0.4) is 0 Å². The first-order valence-corrected chi connectivity index (χ1v) is 6.11. The Balaban J connectivity index is 2.68. The molecule has 0 aromatic heterocycles. The molecule has 0 amide bonds. The summed E-state index contributed by atoms with van der Waals surface area (Å²) in [4.78, 5) is 0. The Morgan fingerprint density at radius 3 is 2.56 bits per heavy atom. The van der Waals surface area contributed by atoms with Gasteiger partial charge in [-0.05, 0) is 45.4 Å². The number of halogens is 1. The van der Waals surface area contributed by atoms with Crippen LogP contribution in [0, 0.1) is 5.82 Å². The largest absolute Gasteiger partial charge is 0.491 e. The van der Waals surface area contributed by atoms with Crippen LogP contribution in [0.15, 0.2) is 18.2 Å². The highest BCUT2D eigenvalue weighted by atomic mass is 19.1. The maximum atomic E-state index is 13.4. The van der Waals surface area contributed by atoms with Crippen LogP contribution >= 0.6 is 0 Å². The summed E-state index contributed by atoms with van der Waals surface area (Å²) >= 11 is 0. The molecule has 1 rings (SSSR count). The molecule has 1 atom stereocenters. The first-order chi connectivity index (χ1) is 8.26. The van der Waals surface area contributed by atoms with E-state index >= 15 is 0 Å². The van der Waals surface area contributed by atoms with Crippen LogP contribution in [0.25, 0.3) is 0 Å². The van der Waals surface area contributed by atoms with Crippen molar-refractivity contribution in [3.63, 3.8) is 0 Å². The van der Waals surface area contributed by atoms with Gasteiger partial charge < -0.3 is 15.2 Å². The molecule has 0 fully saturated rings. The van der Waals surface area contributed by atoms with Crippen molar-refractivity contribution >= 4 is 0 Å². The van der Waals surface area contributed by atoms with Crippen molar-refractivity contribution in [2.45, 2.75) is 45.9 Å². The smallest absolute Gasteiger partial charge is 0.127 e. The summed E-state index contributed by atoms with van der Waals surface area (Å²) in [5.74, 6) is 0.116. The van der Waals surface area contributed by atoms with Gasteiger partial charge in [-0.15, -0.1) is 0 Å². The molecule has 0 saturated heterocycles.